The SMILES string of the molecule is CCOc1ccccc1N(CC(=O)N(Cc1ccc(Br)cc1)[C@H](Cc1ccccc1)C(=O)NCC(C)C)S(C)(=O)=O. The van der Waals surface area contributed by atoms with Gasteiger partial charge in [-0.25, -0.2) is 8.42 Å². The van der Waals surface area contributed by atoms with E-state index in [1.165, 1.54) is 4.90 Å². The molecule has 0 unspecified atom stereocenters. The van der Waals surface area contributed by atoms with Gasteiger partial charge in [-0.15, -0.1) is 0 Å². The Balaban J connectivity index is 2.06. The fourth-order valence-corrected chi connectivity index (χ4v) is 5.42. The molecule has 2 amide bonds. The summed E-state index contributed by atoms with van der Waals surface area (Å²) in [5.74, 6) is -0.246. The van der Waals surface area contributed by atoms with Crippen LogP contribution in [0.15, 0.2) is 83.3 Å². The zero-order chi connectivity index (χ0) is 30.0. The van der Waals surface area contributed by atoms with Gasteiger partial charge in [-0.1, -0.05) is 84.4 Å². The molecular weight excluding hydrogens is 606 g/mol. The third-order valence-electron chi connectivity index (χ3n) is 6.33. The average Bonchev–Trinajstić information content (AvgIpc) is 2.93. The first-order valence-electron chi connectivity index (χ1n) is 13.5. The van der Waals surface area contributed by atoms with Crippen LogP contribution in [-0.2, 0) is 32.6 Å². The van der Waals surface area contributed by atoms with Crippen molar-refractivity contribution in [1.29, 1.82) is 0 Å². The van der Waals surface area contributed by atoms with Crippen LogP contribution in [0, 0.1) is 5.92 Å². The summed E-state index contributed by atoms with van der Waals surface area (Å²) < 4.78 is 33.7. The van der Waals surface area contributed by atoms with Crippen molar-refractivity contribution in [2.24, 2.45) is 5.92 Å². The first kappa shape index (κ1) is 32.1. The van der Waals surface area contributed by atoms with Gasteiger partial charge in [0.25, 0.3) is 0 Å². The molecule has 0 aliphatic heterocycles. The van der Waals surface area contributed by atoms with Crippen LogP contribution in [0.5, 0.6) is 5.75 Å². The number of hydrogen-bond acceptors (Lipinski definition) is 5. The molecule has 1 atom stereocenters. The molecule has 0 aliphatic carbocycles. The van der Waals surface area contributed by atoms with Gasteiger partial charge in [-0.05, 0) is 48.2 Å². The Hall–Kier alpha value is -3.37. The van der Waals surface area contributed by atoms with E-state index in [9.17, 15) is 18.0 Å². The van der Waals surface area contributed by atoms with Gasteiger partial charge in [0.05, 0.1) is 18.6 Å². The molecule has 10 heteroatoms. The number of carbonyl (C=O) groups excluding carboxylic acids is 2. The molecule has 0 spiro atoms. The Morgan fingerprint density at radius 1 is 0.927 bits per heavy atom. The Labute approximate surface area is 251 Å². The van der Waals surface area contributed by atoms with Gasteiger partial charge in [0.15, 0.2) is 0 Å². The first-order valence-corrected chi connectivity index (χ1v) is 16.2. The molecule has 0 saturated heterocycles. The molecule has 0 aromatic heterocycles. The zero-order valence-corrected chi connectivity index (χ0v) is 26.3. The van der Waals surface area contributed by atoms with Crippen molar-refractivity contribution < 1.29 is 22.7 Å². The van der Waals surface area contributed by atoms with E-state index in [4.69, 9.17) is 4.74 Å². The number of nitrogens with zero attached hydrogens (tertiary/aromatic N) is 2. The van der Waals surface area contributed by atoms with Crippen molar-refractivity contribution in [3.8, 4) is 5.75 Å². The fraction of sp³-hybridized carbons (Fsp3) is 0.355. The van der Waals surface area contributed by atoms with E-state index < -0.39 is 28.5 Å². The minimum Gasteiger partial charge on any atom is -0.492 e. The van der Waals surface area contributed by atoms with Crippen molar-refractivity contribution in [2.75, 3.05) is 30.3 Å². The predicted molar refractivity (Wildman–Crippen MR) is 166 cm³/mol. The van der Waals surface area contributed by atoms with E-state index in [1.54, 1.807) is 31.2 Å². The van der Waals surface area contributed by atoms with Gasteiger partial charge in [0.1, 0.15) is 18.3 Å². The van der Waals surface area contributed by atoms with Crippen LogP contribution in [-0.4, -0.2) is 57.1 Å². The van der Waals surface area contributed by atoms with Crippen LogP contribution < -0.4 is 14.4 Å². The molecule has 8 nitrogen and oxygen atoms in total. The number of carbonyl (C=O) groups is 2. The summed E-state index contributed by atoms with van der Waals surface area (Å²) >= 11 is 3.44. The van der Waals surface area contributed by atoms with Crippen LogP contribution in [0.25, 0.3) is 0 Å². The number of amides is 2. The van der Waals surface area contributed by atoms with Crippen molar-refractivity contribution in [3.05, 3.63) is 94.5 Å². The summed E-state index contributed by atoms with van der Waals surface area (Å²) in [6.45, 7) is 6.19. The average molecular weight is 645 g/mol. The maximum absolute atomic E-state index is 14.2. The maximum atomic E-state index is 14.2. The molecule has 0 aliphatic rings. The highest BCUT2D eigenvalue weighted by Gasteiger charge is 2.33. The second kappa shape index (κ2) is 15.0. The van der Waals surface area contributed by atoms with Crippen LogP contribution in [0.4, 0.5) is 5.69 Å². The Kier molecular flexibility index (Phi) is 11.8. The maximum Gasteiger partial charge on any atom is 0.244 e. The molecular formula is C31H38BrN3O5S. The minimum atomic E-state index is -3.89. The summed E-state index contributed by atoms with van der Waals surface area (Å²) in [6.07, 6.45) is 1.32. The van der Waals surface area contributed by atoms with Crippen LogP contribution in [0.3, 0.4) is 0 Å². The highest BCUT2D eigenvalue weighted by molar-refractivity contribution is 9.10. The van der Waals surface area contributed by atoms with E-state index >= 15 is 0 Å². The number of hydrogen-bond donors (Lipinski definition) is 1. The van der Waals surface area contributed by atoms with Gasteiger partial charge < -0.3 is 15.0 Å². The van der Waals surface area contributed by atoms with Gasteiger partial charge >= 0.3 is 0 Å². The standard InChI is InChI=1S/C31H38BrN3O5S/c1-5-40-29-14-10-9-13-27(29)35(41(4,38)39)22-30(36)34(21-25-15-17-26(32)18-16-25)28(31(37)33-20-23(2)3)19-24-11-7-6-8-12-24/h6-18,23,28H,5,19-22H2,1-4H3,(H,33,37)/t28-/m1/s1. The van der Waals surface area contributed by atoms with Crippen molar-refractivity contribution in [1.82, 2.24) is 10.2 Å². The number of para-hydroxylation sites is 2. The van der Waals surface area contributed by atoms with Gasteiger partial charge in [-0.3, -0.25) is 13.9 Å². The molecule has 3 aromatic rings. The molecule has 3 aromatic carbocycles. The summed E-state index contributed by atoms with van der Waals surface area (Å²) in [4.78, 5) is 29.3. The second-order valence-electron chi connectivity index (χ2n) is 10.2. The zero-order valence-electron chi connectivity index (χ0n) is 23.9. The highest BCUT2D eigenvalue weighted by atomic mass is 79.9. The van der Waals surface area contributed by atoms with Crippen molar-refractivity contribution in [2.45, 2.75) is 39.8 Å². The predicted octanol–water partition coefficient (Wildman–Crippen LogP) is 5.03. The number of rotatable bonds is 14. The largest absolute Gasteiger partial charge is 0.492 e. The summed E-state index contributed by atoms with van der Waals surface area (Å²) in [7, 11) is -3.89. The quantitative estimate of drug-likeness (QED) is 0.266. The van der Waals surface area contributed by atoms with E-state index in [2.05, 4.69) is 21.2 Å². The molecule has 1 N–H and O–H groups in total. The summed E-state index contributed by atoms with van der Waals surface area (Å²) in [5, 5.41) is 2.98. The van der Waals surface area contributed by atoms with Gasteiger partial charge in [0.2, 0.25) is 21.8 Å². The lowest BCUT2D eigenvalue weighted by Crippen LogP contribution is -2.53. The number of sulfonamides is 1. The van der Waals surface area contributed by atoms with Crippen molar-refractivity contribution in [3.63, 3.8) is 0 Å². The van der Waals surface area contributed by atoms with E-state index in [-0.39, 0.29) is 30.5 Å². The molecule has 3 rings (SSSR count). The Morgan fingerprint density at radius 2 is 1.56 bits per heavy atom. The number of halogens is 1. The van der Waals surface area contributed by atoms with Crippen LogP contribution in [0.1, 0.15) is 31.9 Å². The van der Waals surface area contributed by atoms with E-state index in [1.807, 2.05) is 68.4 Å². The number of anilines is 1. The second-order valence-corrected chi connectivity index (χ2v) is 13.0. The minimum absolute atomic E-state index is 0.115. The topological polar surface area (TPSA) is 96.0 Å². The molecule has 220 valence electrons. The summed E-state index contributed by atoms with van der Waals surface area (Å²) in [5.41, 5.74) is 1.95. The lowest BCUT2D eigenvalue weighted by atomic mass is 10.0. The fourth-order valence-electron chi connectivity index (χ4n) is 4.30. The normalized spacial score (nSPS) is 12.0. The van der Waals surface area contributed by atoms with E-state index in [0.29, 0.717) is 18.9 Å². The molecule has 0 radical (unpaired) electrons. The van der Waals surface area contributed by atoms with Crippen molar-refractivity contribution >= 4 is 43.5 Å². The molecule has 0 fully saturated rings. The number of benzene rings is 3. The summed E-state index contributed by atoms with van der Waals surface area (Å²) in [6, 6.07) is 22.8. The number of nitrogens with one attached hydrogen (secondary N) is 1. The highest BCUT2D eigenvalue weighted by Crippen LogP contribution is 2.30. The number of ether oxygens (including phenoxy) is 1. The molecule has 41 heavy (non-hydrogen) atoms. The monoisotopic (exact) mass is 643 g/mol. The van der Waals surface area contributed by atoms with Crippen LogP contribution in [0.2, 0.25) is 0 Å². The molecule has 0 heterocycles. The Morgan fingerprint density at radius 3 is 2.17 bits per heavy atom. The lowest BCUT2D eigenvalue weighted by molar-refractivity contribution is -0.140. The third kappa shape index (κ3) is 9.60. The van der Waals surface area contributed by atoms with Gasteiger partial charge in [0, 0.05) is 24.0 Å². The molecule has 0 bridgehead atoms. The smallest absolute Gasteiger partial charge is 0.244 e. The Bertz CT molecular complexity index is 1400. The van der Waals surface area contributed by atoms with Crippen LogP contribution >= 0.6 is 15.9 Å². The first-order chi connectivity index (χ1) is 19.5. The molecule has 0 saturated carbocycles. The lowest BCUT2D eigenvalue weighted by Gasteiger charge is -2.34. The third-order valence-corrected chi connectivity index (χ3v) is 7.99. The van der Waals surface area contributed by atoms with E-state index in [0.717, 1.165) is 26.2 Å². The van der Waals surface area contributed by atoms with Gasteiger partial charge in [-0.2, -0.15) is 0 Å².